The minimum atomic E-state index is 0.678. The van der Waals surface area contributed by atoms with Crippen molar-refractivity contribution >= 4 is 17.3 Å². The number of aromatic amines is 1. The minimum absolute atomic E-state index is 0.678. The number of thiophene rings is 1. The molecule has 0 saturated heterocycles. The minimum Gasteiger partial charge on any atom is -0.357 e. The molecule has 0 aliphatic heterocycles. The summed E-state index contributed by atoms with van der Waals surface area (Å²) < 4.78 is 0. The Morgan fingerprint density at radius 1 is 1.23 bits per heavy atom. The number of H-pyrrole nitrogens is 1. The van der Waals surface area contributed by atoms with E-state index in [0.717, 1.165) is 42.6 Å². The molecule has 0 fully saturated rings. The third kappa shape index (κ3) is 4.95. The molecule has 2 aromatic heterocycles. The van der Waals surface area contributed by atoms with Crippen molar-refractivity contribution < 1.29 is 0 Å². The van der Waals surface area contributed by atoms with Gasteiger partial charge in [0.15, 0.2) is 5.96 Å². The van der Waals surface area contributed by atoms with Crippen LogP contribution in [0.4, 0.5) is 0 Å². The molecule has 0 saturated carbocycles. The summed E-state index contributed by atoms with van der Waals surface area (Å²) in [5, 5.41) is 5.47. The largest absolute Gasteiger partial charge is 0.357 e. The van der Waals surface area contributed by atoms with E-state index in [1.54, 1.807) is 11.3 Å². The SMILES string of the molecule is CCNC(=NCCc1cccs1)N(C)Cc1ncc(-c2ccccc2)[nH]1. The van der Waals surface area contributed by atoms with Gasteiger partial charge in [-0.05, 0) is 23.9 Å². The van der Waals surface area contributed by atoms with Crippen molar-refractivity contribution in [1.82, 2.24) is 20.2 Å². The average Bonchev–Trinajstić information content (AvgIpc) is 3.34. The molecule has 5 nitrogen and oxygen atoms in total. The van der Waals surface area contributed by atoms with Crippen LogP contribution in [-0.2, 0) is 13.0 Å². The van der Waals surface area contributed by atoms with Gasteiger partial charge in [0.25, 0.3) is 0 Å². The Morgan fingerprint density at radius 2 is 2.08 bits per heavy atom. The van der Waals surface area contributed by atoms with E-state index in [1.165, 1.54) is 4.88 Å². The Morgan fingerprint density at radius 3 is 2.81 bits per heavy atom. The van der Waals surface area contributed by atoms with E-state index in [-0.39, 0.29) is 0 Å². The lowest BCUT2D eigenvalue weighted by Gasteiger charge is -2.21. The smallest absolute Gasteiger partial charge is 0.194 e. The maximum atomic E-state index is 4.75. The van der Waals surface area contributed by atoms with Gasteiger partial charge < -0.3 is 15.2 Å². The van der Waals surface area contributed by atoms with Crippen LogP contribution in [0.3, 0.4) is 0 Å². The average molecular weight is 368 g/mol. The van der Waals surface area contributed by atoms with Gasteiger partial charge in [0.05, 0.1) is 18.4 Å². The van der Waals surface area contributed by atoms with E-state index in [0.29, 0.717) is 6.54 Å². The molecule has 6 heteroatoms. The Balaban J connectivity index is 1.62. The second-order valence-corrected chi connectivity index (χ2v) is 7.06. The maximum absolute atomic E-state index is 4.75. The fraction of sp³-hybridized carbons (Fsp3) is 0.300. The van der Waals surface area contributed by atoms with E-state index in [4.69, 9.17) is 4.99 Å². The molecule has 0 bridgehead atoms. The first kappa shape index (κ1) is 18.2. The zero-order valence-corrected chi connectivity index (χ0v) is 16.1. The number of aromatic nitrogens is 2. The van der Waals surface area contributed by atoms with Crippen LogP contribution < -0.4 is 5.32 Å². The summed E-state index contributed by atoms with van der Waals surface area (Å²) in [4.78, 5) is 16.1. The van der Waals surface area contributed by atoms with Crippen LogP contribution in [-0.4, -0.2) is 41.0 Å². The first-order valence-electron chi connectivity index (χ1n) is 8.87. The van der Waals surface area contributed by atoms with Gasteiger partial charge in [0.2, 0.25) is 0 Å². The van der Waals surface area contributed by atoms with Crippen LogP contribution in [0.5, 0.6) is 0 Å². The highest BCUT2D eigenvalue weighted by molar-refractivity contribution is 7.09. The van der Waals surface area contributed by atoms with Gasteiger partial charge >= 0.3 is 0 Å². The molecule has 0 unspecified atom stereocenters. The van der Waals surface area contributed by atoms with Gasteiger partial charge in [-0.15, -0.1) is 11.3 Å². The van der Waals surface area contributed by atoms with E-state index in [9.17, 15) is 0 Å². The topological polar surface area (TPSA) is 56.3 Å². The van der Waals surface area contributed by atoms with Gasteiger partial charge in [-0.25, -0.2) is 4.98 Å². The van der Waals surface area contributed by atoms with Crippen LogP contribution in [0.15, 0.2) is 59.0 Å². The van der Waals surface area contributed by atoms with Crippen molar-refractivity contribution in [2.24, 2.45) is 4.99 Å². The zero-order valence-electron chi connectivity index (χ0n) is 15.3. The molecule has 3 rings (SSSR count). The van der Waals surface area contributed by atoms with Crippen LogP contribution in [0, 0.1) is 0 Å². The lowest BCUT2D eigenvalue weighted by molar-refractivity contribution is 0.464. The van der Waals surface area contributed by atoms with E-state index in [2.05, 4.69) is 56.8 Å². The summed E-state index contributed by atoms with van der Waals surface area (Å²) in [5.74, 6) is 1.83. The van der Waals surface area contributed by atoms with E-state index in [1.807, 2.05) is 31.4 Å². The van der Waals surface area contributed by atoms with E-state index >= 15 is 0 Å². The molecule has 1 aromatic carbocycles. The Hall–Kier alpha value is -2.60. The first-order chi connectivity index (χ1) is 12.8. The third-order valence-electron chi connectivity index (χ3n) is 4.00. The van der Waals surface area contributed by atoms with E-state index < -0.39 is 0 Å². The second kappa shape index (κ2) is 9.20. The number of hydrogen-bond donors (Lipinski definition) is 2. The van der Waals surface area contributed by atoms with Crippen molar-refractivity contribution in [1.29, 1.82) is 0 Å². The number of imidazole rings is 1. The van der Waals surface area contributed by atoms with Gasteiger partial charge in [-0.1, -0.05) is 36.4 Å². The number of benzene rings is 1. The second-order valence-electron chi connectivity index (χ2n) is 6.03. The Labute approximate surface area is 158 Å². The number of aliphatic imine (C=N–C) groups is 1. The maximum Gasteiger partial charge on any atom is 0.194 e. The summed E-state index contributed by atoms with van der Waals surface area (Å²) in [5.41, 5.74) is 2.18. The Kier molecular flexibility index (Phi) is 6.44. The fourth-order valence-corrected chi connectivity index (χ4v) is 3.40. The van der Waals surface area contributed by atoms with Crippen LogP contribution in [0.2, 0.25) is 0 Å². The number of hydrogen-bond acceptors (Lipinski definition) is 3. The third-order valence-corrected chi connectivity index (χ3v) is 4.93. The summed E-state index contributed by atoms with van der Waals surface area (Å²) in [6.45, 7) is 4.39. The fourth-order valence-electron chi connectivity index (χ4n) is 2.70. The van der Waals surface area contributed by atoms with Gasteiger partial charge in [-0.3, -0.25) is 4.99 Å². The van der Waals surface area contributed by atoms with Crippen molar-refractivity contribution in [3.63, 3.8) is 0 Å². The summed E-state index contributed by atoms with van der Waals surface area (Å²) in [7, 11) is 2.04. The highest BCUT2D eigenvalue weighted by atomic mass is 32.1. The molecule has 0 aliphatic rings. The molecular formula is C20H25N5S. The molecule has 136 valence electrons. The number of rotatable bonds is 7. The molecule has 2 heterocycles. The predicted octanol–water partition coefficient (Wildman–Crippen LogP) is 3.78. The highest BCUT2D eigenvalue weighted by Gasteiger charge is 2.09. The zero-order chi connectivity index (χ0) is 18.2. The number of nitrogens with zero attached hydrogens (tertiary/aromatic N) is 3. The molecule has 0 spiro atoms. The molecule has 0 amide bonds. The molecule has 0 aliphatic carbocycles. The van der Waals surface area contributed by atoms with Crippen molar-refractivity contribution in [3.05, 3.63) is 64.7 Å². The number of nitrogens with one attached hydrogen (secondary N) is 2. The summed E-state index contributed by atoms with van der Waals surface area (Å²) in [6, 6.07) is 14.5. The van der Waals surface area contributed by atoms with Crippen LogP contribution in [0.1, 0.15) is 17.6 Å². The monoisotopic (exact) mass is 367 g/mol. The molecule has 0 radical (unpaired) electrons. The molecule has 26 heavy (non-hydrogen) atoms. The van der Waals surface area contributed by atoms with Crippen LogP contribution >= 0.6 is 11.3 Å². The lowest BCUT2D eigenvalue weighted by atomic mass is 10.2. The molecular weight excluding hydrogens is 342 g/mol. The summed E-state index contributed by atoms with van der Waals surface area (Å²) in [6.07, 6.45) is 2.86. The van der Waals surface area contributed by atoms with Gasteiger partial charge in [0.1, 0.15) is 5.82 Å². The lowest BCUT2D eigenvalue weighted by Crippen LogP contribution is -2.38. The van der Waals surface area contributed by atoms with Gasteiger partial charge in [-0.2, -0.15) is 0 Å². The highest BCUT2D eigenvalue weighted by Crippen LogP contribution is 2.16. The number of guanidine groups is 1. The normalized spacial score (nSPS) is 11.5. The predicted molar refractivity (Wildman–Crippen MR) is 109 cm³/mol. The van der Waals surface area contributed by atoms with Gasteiger partial charge in [0, 0.05) is 31.4 Å². The summed E-state index contributed by atoms with van der Waals surface area (Å²) >= 11 is 1.78. The van der Waals surface area contributed by atoms with Crippen LogP contribution in [0.25, 0.3) is 11.3 Å². The van der Waals surface area contributed by atoms with Crippen molar-refractivity contribution in [2.45, 2.75) is 19.9 Å². The molecule has 2 N–H and O–H groups in total. The molecule has 3 aromatic rings. The quantitative estimate of drug-likeness (QED) is 0.494. The van der Waals surface area contributed by atoms with Crippen molar-refractivity contribution in [3.8, 4) is 11.3 Å². The molecule has 0 atom stereocenters. The first-order valence-corrected chi connectivity index (χ1v) is 9.75. The van der Waals surface area contributed by atoms with Crippen molar-refractivity contribution in [2.75, 3.05) is 20.1 Å². The Bertz CT molecular complexity index is 808. The standard InChI is InChI=1S/C20H25N5S/c1-3-21-20(22-12-11-17-10-7-13-26-17)25(2)15-19-23-14-18(24-19)16-8-5-4-6-9-16/h4-10,13-14H,3,11-12,15H2,1-2H3,(H,21,22)(H,23,24).